The number of carbonyl (C=O) groups excluding carboxylic acids is 1. The minimum Gasteiger partial charge on any atom is -0.357 e. The van der Waals surface area contributed by atoms with E-state index in [-0.39, 0.29) is 24.1 Å². The first-order chi connectivity index (χ1) is 21.1. The predicted molar refractivity (Wildman–Crippen MR) is 174 cm³/mol. The third-order valence-corrected chi connectivity index (χ3v) is 11.1. The largest absolute Gasteiger partial charge is 0.357 e. The molecule has 1 aliphatic carbocycles. The highest BCUT2D eigenvalue weighted by Gasteiger charge is 2.49. The van der Waals surface area contributed by atoms with E-state index in [2.05, 4.69) is 0 Å². The molecule has 2 aliphatic rings. The highest BCUT2D eigenvalue weighted by molar-refractivity contribution is 7.93. The Balaban J connectivity index is 1.67. The molecule has 1 aliphatic heterocycles. The van der Waals surface area contributed by atoms with Gasteiger partial charge in [-0.3, -0.25) is 9.10 Å². The summed E-state index contributed by atoms with van der Waals surface area (Å²) < 4.78 is 50.7. The van der Waals surface area contributed by atoms with Crippen LogP contribution in [-0.4, -0.2) is 43.2 Å². The lowest BCUT2D eigenvalue weighted by Gasteiger charge is -2.49. The molecule has 10 heteroatoms. The number of amides is 1. The van der Waals surface area contributed by atoms with E-state index in [1.54, 1.807) is 29.2 Å². The molecule has 0 aromatic heterocycles. The van der Waals surface area contributed by atoms with Gasteiger partial charge in [-0.2, -0.15) is 0 Å². The molecule has 0 unspecified atom stereocenters. The quantitative estimate of drug-likeness (QED) is 0.195. The molecule has 1 saturated carbocycles. The van der Waals surface area contributed by atoms with Gasteiger partial charge in [-0.15, -0.1) is 0 Å². The molecule has 5 atom stereocenters. The molecule has 2 fully saturated rings. The summed E-state index contributed by atoms with van der Waals surface area (Å²) in [5.74, 6) is -1.18. The van der Waals surface area contributed by atoms with Crippen LogP contribution in [0.5, 0.6) is 0 Å². The SMILES string of the molecule is CC=C[C@H](C)[C@H]1O[C@H](c2cccc(Cl)c2)[C@@H](c2ccc(Cl)cc2)N([C@@H](CC)CN(c2ccccc2F)S(=O)(=O)C2CC2)C1=O. The summed E-state index contributed by atoms with van der Waals surface area (Å²) in [6.45, 7) is 5.60. The van der Waals surface area contributed by atoms with E-state index in [4.69, 9.17) is 27.9 Å². The Labute approximate surface area is 269 Å². The number of rotatable bonds is 11. The van der Waals surface area contributed by atoms with Gasteiger partial charge in [0.1, 0.15) is 18.0 Å². The minimum atomic E-state index is -3.88. The van der Waals surface area contributed by atoms with Crippen molar-refractivity contribution >= 4 is 44.8 Å². The lowest BCUT2D eigenvalue weighted by atomic mass is 9.88. The van der Waals surface area contributed by atoms with Gasteiger partial charge in [-0.1, -0.05) is 85.6 Å². The highest BCUT2D eigenvalue weighted by Crippen LogP contribution is 2.46. The monoisotopic (exact) mass is 658 g/mol. The van der Waals surface area contributed by atoms with Gasteiger partial charge < -0.3 is 9.64 Å². The third kappa shape index (κ3) is 6.69. The number of para-hydroxylation sites is 1. The van der Waals surface area contributed by atoms with Gasteiger partial charge in [-0.05, 0) is 73.7 Å². The van der Waals surface area contributed by atoms with Crippen LogP contribution >= 0.6 is 23.2 Å². The van der Waals surface area contributed by atoms with E-state index in [1.165, 1.54) is 22.5 Å². The molecule has 3 aromatic carbocycles. The second kappa shape index (κ2) is 13.6. The molecule has 3 aromatic rings. The van der Waals surface area contributed by atoms with Crippen molar-refractivity contribution in [3.05, 3.63) is 112 Å². The molecule has 1 amide bonds. The summed E-state index contributed by atoms with van der Waals surface area (Å²) in [5, 5.41) is 0.486. The van der Waals surface area contributed by atoms with Crippen LogP contribution in [0, 0.1) is 11.7 Å². The maximum absolute atomic E-state index is 15.2. The Bertz CT molecular complexity index is 1610. The number of sulfonamides is 1. The Morgan fingerprint density at radius 2 is 1.73 bits per heavy atom. The van der Waals surface area contributed by atoms with Crippen LogP contribution in [-0.2, 0) is 19.6 Å². The van der Waals surface area contributed by atoms with Crippen LogP contribution in [0.3, 0.4) is 0 Å². The third-order valence-electron chi connectivity index (χ3n) is 8.35. The summed E-state index contributed by atoms with van der Waals surface area (Å²) in [4.78, 5) is 16.4. The number of halogens is 3. The minimum absolute atomic E-state index is 0.0215. The number of hydrogen-bond donors (Lipinski definition) is 0. The van der Waals surface area contributed by atoms with Crippen LogP contribution < -0.4 is 4.31 Å². The van der Waals surface area contributed by atoms with Crippen molar-refractivity contribution in [2.45, 2.75) is 69.6 Å². The first-order valence-corrected chi connectivity index (χ1v) is 17.2. The van der Waals surface area contributed by atoms with E-state index in [1.807, 2.05) is 63.3 Å². The van der Waals surface area contributed by atoms with Gasteiger partial charge in [0.2, 0.25) is 10.0 Å². The van der Waals surface area contributed by atoms with Crippen molar-refractivity contribution in [3.63, 3.8) is 0 Å². The zero-order valence-electron chi connectivity index (χ0n) is 24.9. The molecule has 5 rings (SSSR count). The average molecular weight is 660 g/mol. The number of allylic oxidation sites excluding steroid dienone is 1. The number of hydrogen-bond acceptors (Lipinski definition) is 4. The molecular weight excluding hydrogens is 622 g/mol. The fourth-order valence-electron chi connectivity index (χ4n) is 5.96. The van der Waals surface area contributed by atoms with Gasteiger partial charge in [-0.25, -0.2) is 12.8 Å². The van der Waals surface area contributed by atoms with E-state index in [0.29, 0.717) is 29.3 Å². The molecule has 0 spiro atoms. The number of ether oxygens (including phenoxy) is 1. The smallest absolute Gasteiger partial charge is 0.253 e. The van der Waals surface area contributed by atoms with Crippen LogP contribution in [0.4, 0.5) is 10.1 Å². The number of nitrogens with zero attached hydrogens (tertiary/aromatic N) is 2. The van der Waals surface area contributed by atoms with Gasteiger partial charge in [0.25, 0.3) is 5.91 Å². The van der Waals surface area contributed by atoms with Crippen molar-refractivity contribution in [3.8, 4) is 0 Å². The van der Waals surface area contributed by atoms with E-state index in [9.17, 15) is 13.2 Å². The Morgan fingerprint density at radius 3 is 2.34 bits per heavy atom. The summed E-state index contributed by atoms with van der Waals surface area (Å²) in [6.07, 6.45) is 3.76. The Hall–Kier alpha value is -2.91. The normalized spacial score (nSPS) is 22.3. The second-order valence-electron chi connectivity index (χ2n) is 11.4. The van der Waals surface area contributed by atoms with E-state index < -0.39 is 45.4 Å². The second-order valence-corrected chi connectivity index (χ2v) is 14.5. The molecule has 1 saturated heterocycles. The summed E-state index contributed by atoms with van der Waals surface area (Å²) in [7, 11) is -3.88. The van der Waals surface area contributed by atoms with Crippen LogP contribution in [0.2, 0.25) is 10.0 Å². The van der Waals surface area contributed by atoms with Crippen LogP contribution in [0.1, 0.15) is 63.3 Å². The van der Waals surface area contributed by atoms with Gasteiger partial charge in [0.05, 0.1) is 29.6 Å². The maximum atomic E-state index is 15.2. The van der Waals surface area contributed by atoms with Gasteiger partial charge in [0, 0.05) is 16.0 Å². The van der Waals surface area contributed by atoms with Crippen molar-refractivity contribution in [1.29, 1.82) is 0 Å². The lowest BCUT2D eigenvalue weighted by Crippen LogP contribution is -2.59. The van der Waals surface area contributed by atoms with E-state index >= 15 is 4.39 Å². The molecule has 1 heterocycles. The lowest BCUT2D eigenvalue weighted by molar-refractivity contribution is -0.183. The number of carbonyl (C=O) groups is 1. The maximum Gasteiger partial charge on any atom is 0.253 e. The van der Waals surface area contributed by atoms with Crippen molar-refractivity contribution < 1.29 is 22.3 Å². The summed E-state index contributed by atoms with van der Waals surface area (Å²) in [6, 6.07) is 19.2. The highest BCUT2D eigenvalue weighted by atomic mass is 35.5. The molecule has 0 radical (unpaired) electrons. The molecular formula is C34H37Cl2FN2O4S. The molecule has 6 nitrogen and oxygen atoms in total. The zero-order valence-corrected chi connectivity index (χ0v) is 27.3. The van der Waals surface area contributed by atoms with Gasteiger partial charge in [0.15, 0.2) is 0 Å². The zero-order chi connectivity index (χ0) is 31.6. The Kier molecular flexibility index (Phi) is 10.0. The Morgan fingerprint density at radius 1 is 1.02 bits per heavy atom. The molecule has 234 valence electrons. The predicted octanol–water partition coefficient (Wildman–Crippen LogP) is 8.13. The fraction of sp³-hybridized carbons (Fsp3) is 0.382. The first-order valence-electron chi connectivity index (χ1n) is 14.9. The van der Waals surface area contributed by atoms with Crippen LogP contribution in [0.15, 0.2) is 84.9 Å². The van der Waals surface area contributed by atoms with Crippen molar-refractivity contribution in [2.24, 2.45) is 5.92 Å². The van der Waals surface area contributed by atoms with Crippen molar-refractivity contribution in [1.82, 2.24) is 4.90 Å². The molecule has 0 N–H and O–H groups in total. The summed E-state index contributed by atoms with van der Waals surface area (Å²) in [5.41, 5.74) is 1.52. The number of benzene rings is 3. The number of anilines is 1. The fourth-order valence-corrected chi connectivity index (χ4v) is 8.18. The standard InChI is InChI=1S/C34H37Cl2FN2O4S/c1-4-9-22(3)32-34(40)39(27(5-2)21-38(44(41,42)28-18-19-28)30-13-7-6-12-29(30)37)31(23-14-16-25(35)17-15-23)33(43-32)24-10-8-11-26(36)20-24/h4,6-17,20,22,27-28,31-33H,5,18-19,21H2,1-3H3/t22-,27-,31+,32+,33+/m0/s1. The topological polar surface area (TPSA) is 66.9 Å². The summed E-state index contributed by atoms with van der Waals surface area (Å²) >= 11 is 12.7. The number of morpholine rings is 1. The first kappa shape index (κ1) is 32.5. The average Bonchev–Trinajstić information content (AvgIpc) is 3.86. The van der Waals surface area contributed by atoms with E-state index in [0.717, 1.165) is 11.1 Å². The van der Waals surface area contributed by atoms with Gasteiger partial charge >= 0.3 is 0 Å². The molecule has 0 bridgehead atoms. The van der Waals surface area contributed by atoms with Crippen LogP contribution in [0.25, 0.3) is 0 Å². The van der Waals surface area contributed by atoms with Crippen molar-refractivity contribution in [2.75, 3.05) is 10.8 Å². The molecule has 44 heavy (non-hydrogen) atoms.